The molecule has 0 aromatic rings. The summed E-state index contributed by atoms with van der Waals surface area (Å²) in [5, 5.41) is 18.3. The fourth-order valence-electron chi connectivity index (χ4n) is 5.25. The first kappa shape index (κ1) is 54.2. The lowest BCUT2D eigenvalue weighted by Crippen LogP contribution is -2.29. The molecule has 10 nitrogen and oxygen atoms in total. The number of carbonyl (C=O) groups is 2. The molecule has 0 bridgehead atoms. The Balaban J connectivity index is 4.47. The topological polar surface area (TPSA) is 149 Å². The number of allylic oxidation sites excluding steroid dienone is 14. The van der Waals surface area contributed by atoms with Crippen LogP contribution in [0, 0.1) is 0 Å². The molecule has 0 spiro atoms. The Labute approximate surface area is 345 Å². The zero-order chi connectivity index (χ0) is 41.9. The van der Waals surface area contributed by atoms with E-state index in [0.29, 0.717) is 12.8 Å². The number of hydrogen-bond donors (Lipinski definition) is 3. The molecule has 0 aliphatic heterocycles. The van der Waals surface area contributed by atoms with Crippen LogP contribution >= 0.6 is 7.82 Å². The van der Waals surface area contributed by atoms with Gasteiger partial charge >= 0.3 is 19.8 Å². The van der Waals surface area contributed by atoms with Crippen LogP contribution < -0.4 is 0 Å². The minimum Gasteiger partial charge on any atom is -0.462 e. The van der Waals surface area contributed by atoms with Crippen molar-refractivity contribution in [3.63, 3.8) is 0 Å². The maximum atomic E-state index is 12.6. The van der Waals surface area contributed by atoms with Crippen molar-refractivity contribution in [3.8, 4) is 0 Å². The third-order valence-electron chi connectivity index (χ3n) is 8.55. The zero-order valence-electron chi connectivity index (χ0n) is 35.3. The Hall–Kier alpha value is -2.85. The Morgan fingerprint density at radius 1 is 0.544 bits per heavy atom. The predicted molar refractivity (Wildman–Crippen MR) is 233 cm³/mol. The van der Waals surface area contributed by atoms with E-state index in [0.717, 1.165) is 64.2 Å². The first-order chi connectivity index (χ1) is 27.7. The molecule has 0 heterocycles. The highest BCUT2D eigenvalue weighted by molar-refractivity contribution is 7.47. The lowest BCUT2D eigenvalue weighted by atomic mass is 10.1. The van der Waals surface area contributed by atoms with Gasteiger partial charge in [0.2, 0.25) is 0 Å². The second-order valence-electron chi connectivity index (χ2n) is 14.0. The number of phosphoric ester groups is 1. The van der Waals surface area contributed by atoms with Crippen molar-refractivity contribution in [1.29, 1.82) is 0 Å². The van der Waals surface area contributed by atoms with E-state index in [2.05, 4.69) is 91.3 Å². The highest BCUT2D eigenvalue weighted by Gasteiger charge is 2.27. The molecular formula is C46H77O10P. The second kappa shape index (κ2) is 41.3. The highest BCUT2D eigenvalue weighted by atomic mass is 31.2. The molecule has 0 saturated carbocycles. The van der Waals surface area contributed by atoms with E-state index in [1.807, 2.05) is 12.2 Å². The normalized spacial score (nSPS) is 14.7. The van der Waals surface area contributed by atoms with Crippen LogP contribution in [0.2, 0.25) is 0 Å². The van der Waals surface area contributed by atoms with Crippen LogP contribution in [0.5, 0.6) is 0 Å². The monoisotopic (exact) mass is 821 g/mol. The van der Waals surface area contributed by atoms with Gasteiger partial charge in [0.05, 0.1) is 19.8 Å². The summed E-state index contributed by atoms with van der Waals surface area (Å²) >= 11 is 0. The second-order valence-corrected chi connectivity index (χ2v) is 15.4. The van der Waals surface area contributed by atoms with Gasteiger partial charge in [0, 0.05) is 12.8 Å². The van der Waals surface area contributed by atoms with Crippen LogP contribution in [0.15, 0.2) is 85.1 Å². The minimum absolute atomic E-state index is 0.0517. The maximum Gasteiger partial charge on any atom is 0.472 e. The molecule has 0 aromatic heterocycles. The van der Waals surface area contributed by atoms with Gasteiger partial charge < -0.3 is 24.6 Å². The number of phosphoric acid groups is 1. The van der Waals surface area contributed by atoms with Crippen LogP contribution in [0.4, 0.5) is 0 Å². The standard InChI is InChI=1S/C46H77O10P/c1-3-5-7-9-11-13-15-17-19-20-21-22-24-26-28-30-32-34-36-38-46(50)56-44(42-55-57(51,52)54-40-43(48)39-47)41-53-45(49)37-35-33-31-29-27-25-23-18-16-14-12-10-8-6-4-2/h5,7,11,13,17,19,21-22,25-28,32,34,43-44,47-48H,3-4,6,8-10,12,14-16,18,20,23-24,29-31,33,35-42H2,1-2H3,(H,51,52)/b7-5+,13-11+,19-17+,22-21+,27-25+,28-26+,34-32+/t43-,44+/m0/s1. The molecule has 0 aliphatic rings. The van der Waals surface area contributed by atoms with Crippen molar-refractivity contribution in [1.82, 2.24) is 0 Å². The third kappa shape index (κ3) is 41.1. The van der Waals surface area contributed by atoms with E-state index in [1.165, 1.54) is 51.4 Å². The summed E-state index contributed by atoms with van der Waals surface area (Å²) in [4.78, 5) is 34.9. The molecule has 0 aromatic carbocycles. The van der Waals surface area contributed by atoms with E-state index < -0.39 is 51.8 Å². The van der Waals surface area contributed by atoms with Gasteiger partial charge in [0.1, 0.15) is 12.7 Å². The minimum atomic E-state index is -4.65. The van der Waals surface area contributed by atoms with E-state index in [4.69, 9.17) is 19.1 Å². The van der Waals surface area contributed by atoms with Crippen LogP contribution in [-0.4, -0.2) is 65.7 Å². The number of esters is 2. The summed E-state index contributed by atoms with van der Waals surface area (Å²) < 4.78 is 32.6. The Morgan fingerprint density at radius 3 is 1.53 bits per heavy atom. The maximum absolute atomic E-state index is 12.6. The van der Waals surface area contributed by atoms with Crippen molar-refractivity contribution in [3.05, 3.63) is 85.1 Å². The number of rotatable bonds is 39. The van der Waals surface area contributed by atoms with Gasteiger partial charge in [-0.05, 0) is 77.0 Å². The molecule has 1 unspecified atom stereocenters. The Kier molecular flexibility index (Phi) is 39.2. The lowest BCUT2D eigenvalue weighted by Gasteiger charge is -2.20. The molecule has 3 N–H and O–H groups in total. The molecule has 326 valence electrons. The van der Waals surface area contributed by atoms with Gasteiger partial charge in [-0.2, -0.15) is 0 Å². The first-order valence-corrected chi connectivity index (χ1v) is 23.0. The summed E-state index contributed by atoms with van der Waals surface area (Å²) in [7, 11) is -4.65. The fourth-order valence-corrected chi connectivity index (χ4v) is 6.04. The van der Waals surface area contributed by atoms with Gasteiger partial charge in [-0.15, -0.1) is 0 Å². The van der Waals surface area contributed by atoms with E-state index in [1.54, 1.807) is 0 Å². The average molecular weight is 821 g/mol. The Bertz CT molecular complexity index is 1220. The van der Waals surface area contributed by atoms with Gasteiger partial charge in [-0.25, -0.2) is 4.57 Å². The number of aliphatic hydroxyl groups is 2. The zero-order valence-corrected chi connectivity index (χ0v) is 36.2. The van der Waals surface area contributed by atoms with Crippen LogP contribution in [-0.2, 0) is 32.7 Å². The van der Waals surface area contributed by atoms with Crippen molar-refractivity contribution in [2.75, 3.05) is 26.4 Å². The van der Waals surface area contributed by atoms with Gasteiger partial charge in [0.25, 0.3) is 0 Å². The number of ether oxygens (including phenoxy) is 2. The predicted octanol–water partition coefficient (Wildman–Crippen LogP) is 11.4. The van der Waals surface area contributed by atoms with Crippen LogP contribution in [0.3, 0.4) is 0 Å². The first-order valence-electron chi connectivity index (χ1n) is 21.5. The largest absolute Gasteiger partial charge is 0.472 e. The molecule has 0 saturated heterocycles. The number of unbranched alkanes of at least 4 members (excludes halogenated alkanes) is 11. The molecule has 11 heteroatoms. The molecule has 0 rings (SSSR count). The number of carbonyl (C=O) groups excluding carboxylic acids is 2. The lowest BCUT2D eigenvalue weighted by molar-refractivity contribution is -0.161. The fraction of sp³-hybridized carbons (Fsp3) is 0.652. The molecule has 57 heavy (non-hydrogen) atoms. The highest BCUT2D eigenvalue weighted by Crippen LogP contribution is 2.43. The van der Waals surface area contributed by atoms with Gasteiger partial charge in [0.15, 0.2) is 6.10 Å². The molecule has 0 aliphatic carbocycles. The molecule has 3 atom stereocenters. The van der Waals surface area contributed by atoms with E-state index in [-0.39, 0.29) is 19.4 Å². The third-order valence-corrected chi connectivity index (χ3v) is 9.50. The smallest absolute Gasteiger partial charge is 0.462 e. The van der Waals surface area contributed by atoms with Crippen LogP contribution in [0.1, 0.15) is 155 Å². The summed E-state index contributed by atoms with van der Waals surface area (Å²) in [6.45, 7) is 2.14. The molecule has 0 radical (unpaired) electrons. The average Bonchev–Trinajstić information content (AvgIpc) is 3.20. The SMILES string of the molecule is CC/C=C/C/C=C/C/C=C/C/C=C/C/C=C/C/C=C/CCC(=O)O[C@H](COC(=O)CCCCC/C=C/CCCCCCCCCC)COP(=O)(O)OC[C@@H](O)CO. The summed E-state index contributed by atoms with van der Waals surface area (Å²) in [5.74, 6) is -1.05. The van der Waals surface area contributed by atoms with E-state index in [9.17, 15) is 24.2 Å². The van der Waals surface area contributed by atoms with Crippen molar-refractivity contribution in [2.45, 2.75) is 167 Å². The molecule has 0 fully saturated rings. The van der Waals surface area contributed by atoms with Gasteiger partial charge in [-0.1, -0.05) is 150 Å². The summed E-state index contributed by atoms with van der Waals surface area (Å²) in [6.07, 6.45) is 48.5. The quantitative estimate of drug-likeness (QED) is 0.0237. The van der Waals surface area contributed by atoms with E-state index >= 15 is 0 Å². The van der Waals surface area contributed by atoms with Crippen molar-refractivity contribution < 1.29 is 47.8 Å². The van der Waals surface area contributed by atoms with Crippen molar-refractivity contribution in [2.24, 2.45) is 0 Å². The van der Waals surface area contributed by atoms with Crippen molar-refractivity contribution >= 4 is 19.8 Å². The summed E-state index contributed by atoms with van der Waals surface area (Å²) in [5.41, 5.74) is 0. The molecule has 0 amide bonds. The molecular weight excluding hydrogens is 743 g/mol. The van der Waals surface area contributed by atoms with Crippen LogP contribution in [0.25, 0.3) is 0 Å². The number of aliphatic hydroxyl groups excluding tert-OH is 2. The van der Waals surface area contributed by atoms with Gasteiger partial charge in [-0.3, -0.25) is 18.6 Å². The number of hydrogen-bond acceptors (Lipinski definition) is 9. The summed E-state index contributed by atoms with van der Waals surface area (Å²) in [6, 6.07) is 0. The Morgan fingerprint density at radius 2 is 1.00 bits per heavy atom.